The molecule has 3 rings (SSSR count). The van der Waals surface area contributed by atoms with Crippen LogP contribution in [0.5, 0.6) is 5.75 Å². The van der Waals surface area contributed by atoms with E-state index in [0.717, 1.165) is 18.4 Å². The third kappa shape index (κ3) is 3.59. The fraction of sp³-hybridized carbons (Fsp3) is 0.400. The fourth-order valence-corrected chi connectivity index (χ4v) is 3.28. The quantitative estimate of drug-likeness (QED) is 0.762. The summed E-state index contributed by atoms with van der Waals surface area (Å²) < 4.78 is 7.15. The monoisotopic (exact) mass is 367 g/mol. The van der Waals surface area contributed by atoms with Crippen LogP contribution >= 0.6 is 23.4 Å². The molecule has 0 unspecified atom stereocenters. The fourth-order valence-electron chi connectivity index (χ4n) is 2.31. The van der Waals surface area contributed by atoms with Crippen molar-refractivity contribution in [1.82, 2.24) is 14.8 Å². The van der Waals surface area contributed by atoms with E-state index in [2.05, 4.69) is 15.5 Å². The van der Waals surface area contributed by atoms with Crippen molar-refractivity contribution in [3.63, 3.8) is 0 Å². The van der Waals surface area contributed by atoms with E-state index < -0.39 is 0 Å². The lowest BCUT2D eigenvalue weighted by atomic mass is 10.2. The van der Waals surface area contributed by atoms with Crippen LogP contribution in [0.1, 0.15) is 24.4 Å². The van der Waals surface area contributed by atoms with Crippen LogP contribution in [0.3, 0.4) is 0 Å². The molecule has 24 heavy (non-hydrogen) atoms. The Morgan fingerprint density at radius 2 is 2.25 bits per heavy atom. The molecule has 2 aromatic rings. The number of anilines is 2. The minimum Gasteiger partial charge on any atom is -0.495 e. The molecule has 128 valence electrons. The topological polar surface area (TPSA) is 95.1 Å². The van der Waals surface area contributed by atoms with E-state index in [-0.39, 0.29) is 11.7 Å². The second kappa shape index (κ2) is 6.90. The summed E-state index contributed by atoms with van der Waals surface area (Å²) in [7, 11) is 1.53. The maximum atomic E-state index is 12.2. The molecule has 1 aliphatic carbocycles. The minimum atomic E-state index is -0.163. The number of nitrogens with one attached hydrogen (secondary N) is 1. The molecule has 1 aliphatic rings. The van der Waals surface area contributed by atoms with Crippen LogP contribution in [0, 0.1) is 6.92 Å². The van der Waals surface area contributed by atoms with Crippen LogP contribution in [0.2, 0.25) is 5.02 Å². The highest BCUT2D eigenvalue weighted by atomic mass is 35.5. The van der Waals surface area contributed by atoms with E-state index in [0.29, 0.717) is 33.6 Å². The third-order valence-corrected chi connectivity index (χ3v) is 5.04. The number of carbonyl (C=O) groups is 1. The van der Waals surface area contributed by atoms with Gasteiger partial charge in [-0.2, -0.15) is 0 Å². The van der Waals surface area contributed by atoms with Gasteiger partial charge in [-0.05, 0) is 31.4 Å². The molecule has 1 aromatic carbocycles. The van der Waals surface area contributed by atoms with Crippen molar-refractivity contribution in [1.29, 1.82) is 0 Å². The van der Waals surface area contributed by atoms with E-state index in [4.69, 9.17) is 22.1 Å². The molecular formula is C15H18ClN5O2S. The van der Waals surface area contributed by atoms with Gasteiger partial charge in [0, 0.05) is 17.1 Å². The number of nitrogens with zero attached hydrogens (tertiary/aromatic N) is 3. The van der Waals surface area contributed by atoms with Crippen LogP contribution in [-0.2, 0) is 4.79 Å². The van der Waals surface area contributed by atoms with E-state index in [1.54, 1.807) is 12.1 Å². The van der Waals surface area contributed by atoms with Crippen LogP contribution in [0.25, 0.3) is 0 Å². The molecule has 0 spiro atoms. The van der Waals surface area contributed by atoms with Gasteiger partial charge in [0.2, 0.25) is 11.9 Å². The Morgan fingerprint density at radius 1 is 1.50 bits per heavy atom. The lowest BCUT2D eigenvalue weighted by Gasteiger charge is -2.12. The first-order valence-corrected chi connectivity index (χ1v) is 8.83. The normalized spacial score (nSPS) is 13.8. The van der Waals surface area contributed by atoms with Crippen LogP contribution in [0.15, 0.2) is 17.3 Å². The molecule has 0 saturated heterocycles. The van der Waals surface area contributed by atoms with Crippen molar-refractivity contribution < 1.29 is 9.53 Å². The Labute approximate surface area is 148 Å². The largest absolute Gasteiger partial charge is 0.495 e. The van der Waals surface area contributed by atoms with Crippen LogP contribution in [0.4, 0.5) is 11.6 Å². The molecule has 0 radical (unpaired) electrons. The summed E-state index contributed by atoms with van der Waals surface area (Å²) in [4.78, 5) is 12.2. The van der Waals surface area contributed by atoms with Gasteiger partial charge in [-0.3, -0.25) is 9.36 Å². The van der Waals surface area contributed by atoms with Crippen molar-refractivity contribution in [3.8, 4) is 5.75 Å². The average molecular weight is 368 g/mol. The van der Waals surface area contributed by atoms with Gasteiger partial charge in [-0.1, -0.05) is 23.4 Å². The summed E-state index contributed by atoms with van der Waals surface area (Å²) in [5.41, 5.74) is 7.28. The Kier molecular flexibility index (Phi) is 4.86. The predicted octanol–water partition coefficient (Wildman–Crippen LogP) is 2.90. The number of rotatable bonds is 6. The number of hydrogen-bond donors (Lipinski definition) is 2. The Morgan fingerprint density at radius 3 is 2.92 bits per heavy atom. The molecule has 1 heterocycles. The van der Waals surface area contributed by atoms with Crippen LogP contribution in [-0.4, -0.2) is 33.5 Å². The molecule has 1 saturated carbocycles. The van der Waals surface area contributed by atoms with Gasteiger partial charge in [0.05, 0.1) is 18.6 Å². The number of ether oxygens (including phenoxy) is 1. The molecule has 1 aromatic heterocycles. The second-order valence-corrected chi connectivity index (χ2v) is 6.93. The average Bonchev–Trinajstić information content (AvgIpc) is 3.31. The molecule has 0 aliphatic heterocycles. The van der Waals surface area contributed by atoms with Crippen molar-refractivity contribution in [2.75, 3.05) is 23.9 Å². The Hall–Kier alpha value is -1.93. The summed E-state index contributed by atoms with van der Waals surface area (Å²) in [5.74, 6) is 0.962. The minimum absolute atomic E-state index is 0.163. The smallest absolute Gasteiger partial charge is 0.234 e. The van der Waals surface area contributed by atoms with Gasteiger partial charge in [0.25, 0.3) is 0 Å². The van der Waals surface area contributed by atoms with Crippen molar-refractivity contribution in [3.05, 3.63) is 22.7 Å². The van der Waals surface area contributed by atoms with Gasteiger partial charge in [0.15, 0.2) is 5.16 Å². The molecule has 7 nitrogen and oxygen atoms in total. The summed E-state index contributed by atoms with van der Waals surface area (Å²) >= 11 is 7.39. The summed E-state index contributed by atoms with van der Waals surface area (Å²) in [6, 6.07) is 3.84. The highest BCUT2D eigenvalue weighted by Gasteiger charge is 2.29. The zero-order valence-electron chi connectivity index (χ0n) is 13.4. The van der Waals surface area contributed by atoms with Gasteiger partial charge in [-0.15, -0.1) is 10.2 Å². The first kappa shape index (κ1) is 16.9. The van der Waals surface area contributed by atoms with Gasteiger partial charge >= 0.3 is 0 Å². The summed E-state index contributed by atoms with van der Waals surface area (Å²) in [6.45, 7) is 1.87. The number of nitrogens with two attached hydrogens (primary N) is 1. The number of amides is 1. The SMILES string of the molecule is COc1cc(Cl)c(C)cc1NC(=O)CSc1nnc(N)n1C1CC1. The number of carbonyl (C=O) groups excluding carboxylic acids is 1. The van der Waals surface area contributed by atoms with E-state index >= 15 is 0 Å². The molecule has 1 amide bonds. The zero-order chi connectivity index (χ0) is 17.3. The highest BCUT2D eigenvalue weighted by molar-refractivity contribution is 7.99. The first-order valence-electron chi connectivity index (χ1n) is 7.46. The van der Waals surface area contributed by atoms with E-state index in [1.165, 1.54) is 18.9 Å². The number of hydrogen-bond acceptors (Lipinski definition) is 6. The first-order chi connectivity index (χ1) is 11.5. The maximum Gasteiger partial charge on any atom is 0.234 e. The molecular weight excluding hydrogens is 350 g/mol. The lowest BCUT2D eigenvalue weighted by Crippen LogP contribution is -2.15. The van der Waals surface area contributed by atoms with Gasteiger partial charge < -0.3 is 15.8 Å². The molecule has 0 atom stereocenters. The number of nitrogen functional groups attached to an aromatic ring is 1. The van der Waals surface area contributed by atoms with E-state index in [9.17, 15) is 4.79 Å². The van der Waals surface area contributed by atoms with Crippen molar-refractivity contribution in [2.24, 2.45) is 0 Å². The maximum absolute atomic E-state index is 12.2. The van der Waals surface area contributed by atoms with Crippen LogP contribution < -0.4 is 15.8 Å². The Bertz CT molecular complexity index is 775. The Balaban J connectivity index is 1.65. The number of halogens is 1. The third-order valence-electron chi connectivity index (χ3n) is 3.69. The highest BCUT2D eigenvalue weighted by Crippen LogP contribution is 2.39. The predicted molar refractivity (Wildman–Crippen MR) is 94.8 cm³/mol. The second-order valence-electron chi connectivity index (χ2n) is 5.58. The zero-order valence-corrected chi connectivity index (χ0v) is 14.9. The number of aromatic nitrogens is 3. The number of benzene rings is 1. The summed E-state index contributed by atoms with van der Waals surface area (Å²) in [6.07, 6.45) is 2.15. The number of aryl methyl sites for hydroxylation is 1. The standard InChI is InChI=1S/C15H18ClN5O2S/c1-8-5-11(12(23-2)6-10(8)16)18-13(22)7-24-15-20-19-14(17)21(15)9-3-4-9/h5-6,9H,3-4,7H2,1-2H3,(H2,17,19)(H,18,22). The van der Waals surface area contributed by atoms with Crippen molar-refractivity contribution in [2.45, 2.75) is 31.0 Å². The summed E-state index contributed by atoms with van der Waals surface area (Å²) in [5, 5.41) is 12.0. The molecule has 3 N–H and O–H groups in total. The van der Waals surface area contributed by atoms with Gasteiger partial charge in [-0.25, -0.2) is 0 Å². The van der Waals surface area contributed by atoms with Crippen molar-refractivity contribution >= 4 is 40.9 Å². The number of thioether (sulfide) groups is 1. The molecule has 0 bridgehead atoms. The molecule has 9 heteroatoms. The van der Waals surface area contributed by atoms with Gasteiger partial charge in [0.1, 0.15) is 5.75 Å². The number of methoxy groups -OCH3 is 1. The molecule has 1 fully saturated rings. The lowest BCUT2D eigenvalue weighted by molar-refractivity contribution is -0.113. The van der Waals surface area contributed by atoms with E-state index in [1.807, 2.05) is 11.5 Å².